The first-order valence-electron chi connectivity index (χ1n) is 4.79. The van der Waals surface area contributed by atoms with Crippen molar-refractivity contribution in [2.45, 2.75) is 13.2 Å². The van der Waals surface area contributed by atoms with Gasteiger partial charge in [0.15, 0.2) is 0 Å². The molecule has 0 atom stereocenters. The van der Waals surface area contributed by atoms with Gasteiger partial charge in [-0.15, -0.1) is 0 Å². The van der Waals surface area contributed by atoms with Gasteiger partial charge in [-0.05, 0) is 17.7 Å². The minimum Gasteiger partial charge on any atom is -0.445 e. The van der Waals surface area contributed by atoms with Crippen molar-refractivity contribution in [1.82, 2.24) is 4.98 Å². The van der Waals surface area contributed by atoms with Gasteiger partial charge >= 0.3 is 6.08 Å². The number of hydrogen-bond acceptors (Lipinski definition) is 4. The molecule has 0 unspecified atom stereocenters. The van der Waals surface area contributed by atoms with E-state index in [2.05, 4.69) is 20.9 Å². The maximum atomic E-state index is 5.41. The van der Waals surface area contributed by atoms with E-state index in [1.807, 2.05) is 24.3 Å². The van der Waals surface area contributed by atoms with Crippen LogP contribution < -0.4 is 10.5 Å². The van der Waals surface area contributed by atoms with Gasteiger partial charge < -0.3 is 14.9 Å². The number of nitrogens with zero attached hydrogens (tertiary/aromatic N) is 1. The third-order valence-electron chi connectivity index (χ3n) is 1.99. The lowest BCUT2D eigenvalue weighted by Crippen LogP contribution is -1.98. The second-order valence-corrected chi connectivity index (χ2v) is 4.14. The summed E-state index contributed by atoms with van der Waals surface area (Å²) < 4.78 is 11.5. The van der Waals surface area contributed by atoms with Crippen LogP contribution in [0.25, 0.3) is 0 Å². The molecule has 4 nitrogen and oxygen atoms in total. The van der Waals surface area contributed by atoms with Gasteiger partial charge in [0.1, 0.15) is 12.9 Å². The maximum absolute atomic E-state index is 5.41. The van der Waals surface area contributed by atoms with Crippen molar-refractivity contribution < 1.29 is 9.15 Å². The third-order valence-corrected chi connectivity index (χ3v) is 2.48. The molecular formula is C11H11BrN2O2. The van der Waals surface area contributed by atoms with Crippen LogP contribution in [0.5, 0.6) is 6.08 Å². The number of aromatic nitrogens is 1. The topological polar surface area (TPSA) is 61.3 Å². The van der Waals surface area contributed by atoms with Gasteiger partial charge in [0.25, 0.3) is 0 Å². The lowest BCUT2D eigenvalue weighted by atomic mass is 10.2. The summed E-state index contributed by atoms with van der Waals surface area (Å²) in [6, 6.07) is 7.86. The molecule has 0 fully saturated rings. The second-order valence-electron chi connectivity index (χ2n) is 3.23. The summed E-state index contributed by atoms with van der Waals surface area (Å²) in [4.78, 5) is 4.04. The Hall–Kier alpha value is -1.33. The first kappa shape index (κ1) is 11.2. The largest absolute Gasteiger partial charge is 0.445 e. The predicted molar refractivity (Wildman–Crippen MR) is 62.9 cm³/mol. The number of oxazole rings is 1. The average Bonchev–Trinajstić information content (AvgIpc) is 2.74. The first-order valence-corrected chi connectivity index (χ1v) is 5.59. The molecular weight excluding hydrogens is 272 g/mol. The van der Waals surface area contributed by atoms with Crippen molar-refractivity contribution in [3.8, 4) is 6.08 Å². The molecule has 0 bridgehead atoms. The zero-order valence-electron chi connectivity index (χ0n) is 8.52. The molecule has 0 aliphatic rings. The smallest absolute Gasteiger partial charge is 0.394 e. The Bertz CT molecular complexity index is 471. The van der Waals surface area contributed by atoms with Crippen LogP contribution in [0.15, 0.2) is 39.4 Å². The highest BCUT2D eigenvalue weighted by Gasteiger charge is 2.03. The molecule has 1 heterocycles. The van der Waals surface area contributed by atoms with E-state index in [9.17, 15) is 0 Å². The van der Waals surface area contributed by atoms with Crippen molar-refractivity contribution in [2.75, 3.05) is 0 Å². The Morgan fingerprint density at radius 2 is 2.31 bits per heavy atom. The molecule has 0 saturated heterocycles. The first-order chi connectivity index (χ1) is 7.78. The van der Waals surface area contributed by atoms with Crippen LogP contribution >= 0.6 is 15.9 Å². The van der Waals surface area contributed by atoms with Crippen LogP contribution in [0.2, 0.25) is 0 Å². The van der Waals surface area contributed by atoms with Crippen molar-refractivity contribution in [1.29, 1.82) is 0 Å². The highest BCUT2D eigenvalue weighted by molar-refractivity contribution is 9.10. The fraction of sp³-hybridized carbons (Fsp3) is 0.182. The van der Waals surface area contributed by atoms with Gasteiger partial charge in [0.2, 0.25) is 0 Å². The number of nitrogens with two attached hydrogens (primary N) is 1. The van der Waals surface area contributed by atoms with Gasteiger partial charge in [-0.3, -0.25) is 0 Å². The molecule has 84 valence electrons. The normalized spacial score (nSPS) is 10.4. The molecule has 2 N–H and O–H groups in total. The van der Waals surface area contributed by atoms with E-state index in [1.54, 1.807) is 0 Å². The van der Waals surface area contributed by atoms with Gasteiger partial charge in [-0.2, -0.15) is 4.98 Å². The summed E-state index contributed by atoms with van der Waals surface area (Å²) in [5.41, 5.74) is 7.13. The van der Waals surface area contributed by atoms with Gasteiger partial charge in [-0.1, -0.05) is 28.1 Å². The molecule has 2 rings (SSSR count). The van der Waals surface area contributed by atoms with Gasteiger partial charge in [-0.25, -0.2) is 0 Å². The van der Waals surface area contributed by atoms with Crippen LogP contribution in [0, 0.1) is 0 Å². The van der Waals surface area contributed by atoms with E-state index in [0.717, 1.165) is 10.0 Å². The van der Waals surface area contributed by atoms with Crippen LogP contribution in [0.3, 0.4) is 0 Å². The molecule has 0 saturated carbocycles. The fourth-order valence-corrected chi connectivity index (χ4v) is 1.67. The summed E-state index contributed by atoms with van der Waals surface area (Å²) >= 11 is 3.39. The number of rotatable bonds is 4. The predicted octanol–water partition coefficient (Wildman–Crippen LogP) is 2.47. The summed E-state index contributed by atoms with van der Waals surface area (Å²) in [5.74, 6) is 0. The van der Waals surface area contributed by atoms with Crippen LogP contribution in [0.1, 0.15) is 11.3 Å². The Morgan fingerprint density at radius 1 is 1.44 bits per heavy atom. The highest BCUT2D eigenvalue weighted by Crippen LogP contribution is 2.15. The van der Waals surface area contributed by atoms with E-state index in [-0.39, 0.29) is 6.08 Å². The van der Waals surface area contributed by atoms with Crippen LogP contribution in [-0.4, -0.2) is 4.98 Å². The Kier molecular flexibility index (Phi) is 3.58. The fourth-order valence-electron chi connectivity index (χ4n) is 1.22. The monoisotopic (exact) mass is 282 g/mol. The van der Waals surface area contributed by atoms with Gasteiger partial charge in [0, 0.05) is 11.0 Å². The quantitative estimate of drug-likeness (QED) is 0.936. The third kappa shape index (κ3) is 2.84. The van der Waals surface area contributed by atoms with Gasteiger partial charge in [0.05, 0.1) is 5.69 Å². The number of halogens is 1. The van der Waals surface area contributed by atoms with Crippen molar-refractivity contribution in [2.24, 2.45) is 5.73 Å². The molecule has 5 heteroatoms. The van der Waals surface area contributed by atoms with E-state index in [1.165, 1.54) is 6.26 Å². The summed E-state index contributed by atoms with van der Waals surface area (Å²) in [7, 11) is 0. The lowest BCUT2D eigenvalue weighted by molar-refractivity contribution is 0.220. The second kappa shape index (κ2) is 5.14. The zero-order chi connectivity index (χ0) is 11.4. The highest BCUT2D eigenvalue weighted by atomic mass is 79.9. The van der Waals surface area contributed by atoms with E-state index >= 15 is 0 Å². The van der Waals surface area contributed by atoms with Crippen molar-refractivity contribution in [3.63, 3.8) is 0 Å². The van der Waals surface area contributed by atoms with Crippen LogP contribution in [0.4, 0.5) is 0 Å². The van der Waals surface area contributed by atoms with E-state index < -0.39 is 0 Å². The van der Waals surface area contributed by atoms with E-state index in [0.29, 0.717) is 18.8 Å². The minimum absolute atomic E-state index is 0.250. The standard InChI is InChI=1S/C11H11BrN2O2/c12-9-3-1-2-8(4-9)6-15-11-14-10(5-13)7-16-11/h1-4,7H,5-6,13H2. The molecule has 0 aliphatic carbocycles. The Morgan fingerprint density at radius 3 is 3.00 bits per heavy atom. The Balaban J connectivity index is 1.96. The number of benzene rings is 1. The van der Waals surface area contributed by atoms with E-state index in [4.69, 9.17) is 14.9 Å². The molecule has 16 heavy (non-hydrogen) atoms. The average molecular weight is 283 g/mol. The van der Waals surface area contributed by atoms with Crippen LogP contribution in [-0.2, 0) is 13.2 Å². The molecule has 0 amide bonds. The summed E-state index contributed by atoms with van der Waals surface area (Å²) in [6.07, 6.45) is 1.75. The molecule has 2 aromatic rings. The van der Waals surface area contributed by atoms with Crippen molar-refractivity contribution in [3.05, 3.63) is 46.3 Å². The number of ether oxygens (including phenoxy) is 1. The molecule has 0 spiro atoms. The molecule has 0 radical (unpaired) electrons. The molecule has 1 aromatic heterocycles. The number of hydrogen-bond donors (Lipinski definition) is 1. The minimum atomic E-state index is 0.250. The summed E-state index contributed by atoms with van der Waals surface area (Å²) in [5, 5.41) is 0. The Labute approximate surface area is 102 Å². The van der Waals surface area contributed by atoms with Crippen molar-refractivity contribution >= 4 is 15.9 Å². The zero-order valence-corrected chi connectivity index (χ0v) is 10.1. The molecule has 1 aromatic carbocycles. The summed E-state index contributed by atoms with van der Waals surface area (Å²) in [6.45, 7) is 0.772. The lowest BCUT2D eigenvalue weighted by Gasteiger charge is -2.01. The molecule has 0 aliphatic heterocycles. The maximum Gasteiger partial charge on any atom is 0.394 e. The SMILES string of the molecule is NCc1coc(OCc2cccc(Br)c2)n1.